The molecule has 0 nitrogen and oxygen atoms in total. The van der Waals surface area contributed by atoms with Crippen LogP contribution in [0.15, 0.2) is 0 Å². The van der Waals surface area contributed by atoms with Crippen LogP contribution in [-0.2, 0) is 0 Å². The molecule has 0 heterocycles. The molecule has 0 aliphatic carbocycles. The van der Waals surface area contributed by atoms with Crippen molar-refractivity contribution in [3.05, 3.63) is 0 Å². The van der Waals surface area contributed by atoms with Gasteiger partial charge in [0.1, 0.15) is 0 Å². The topological polar surface area (TPSA) is 0 Å². The van der Waals surface area contributed by atoms with Gasteiger partial charge >= 0.3 is 103 Å². The first kappa shape index (κ1) is 60.4. The molecule has 0 spiro atoms. The number of rotatable bonds is 0. The molecule has 0 atom stereocenters. The Hall–Kier alpha value is 4.72. The van der Waals surface area contributed by atoms with Crippen molar-refractivity contribution in [2.45, 2.75) is 0 Å². The number of hydrogen-bond acceptors (Lipinski definition) is 0. The van der Waals surface area contributed by atoms with Crippen LogP contribution in [0.25, 0.3) is 0 Å². The molecule has 7 heavy (non-hydrogen) atoms. The molecule has 0 rings (SSSR count). The van der Waals surface area contributed by atoms with Gasteiger partial charge in [0.05, 0.1) is 0 Å². The standard InChI is InChI=1S/5ClH.2K.2H/h5*1H;;;;/q;;;;;2*+1;2*-1. The van der Waals surface area contributed by atoms with Crippen LogP contribution in [0.3, 0.4) is 0 Å². The van der Waals surface area contributed by atoms with Crippen LogP contribution in [0.2, 0.25) is 0 Å². The summed E-state index contributed by atoms with van der Waals surface area (Å²) in [4.78, 5) is 0. The number of hydrogen-bond donors (Lipinski definition) is 0. The van der Waals surface area contributed by atoms with E-state index in [1.807, 2.05) is 0 Å². The summed E-state index contributed by atoms with van der Waals surface area (Å²) in [7, 11) is 0. The van der Waals surface area contributed by atoms with Crippen LogP contribution in [0, 0.1) is 0 Å². The minimum Gasteiger partial charge on any atom is -1.00 e. The molecule has 0 N–H and O–H groups in total. The predicted molar refractivity (Wildman–Crippen MR) is 38.5 cm³/mol. The molecule has 0 bridgehead atoms. The molecule has 0 aromatic rings. The van der Waals surface area contributed by atoms with Crippen molar-refractivity contribution in [3.63, 3.8) is 0 Å². The maximum atomic E-state index is 0. The summed E-state index contributed by atoms with van der Waals surface area (Å²) in [5.41, 5.74) is 0. The van der Waals surface area contributed by atoms with Crippen LogP contribution in [0.1, 0.15) is 2.85 Å². The first-order valence-electron chi connectivity index (χ1n) is 0. The van der Waals surface area contributed by atoms with Gasteiger partial charge < -0.3 is 2.85 Å². The third kappa shape index (κ3) is 36.6. The molecule has 44 valence electrons. The van der Waals surface area contributed by atoms with E-state index in [0.717, 1.165) is 0 Å². The maximum absolute atomic E-state index is 0. The second-order valence-corrected chi connectivity index (χ2v) is 0. The van der Waals surface area contributed by atoms with Crippen LogP contribution < -0.4 is 103 Å². The second kappa shape index (κ2) is 45.4. The van der Waals surface area contributed by atoms with E-state index in [2.05, 4.69) is 0 Å². The Morgan fingerprint density at radius 2 is 0.429 bits per heavy atom. The average Bonchev–Trinajstić information content (AvgIpc) is 0. The van der Waals surface area contributed by atoms with Gasteiger partial charge in [-0.15, -0.1) is 62.0 Å². The molecule has 0 aromatic carbocycles. The second-order valence-electron chi connectivity index (χ2n) is 0. The monoisotopic (exact) mass is 260 g/mol. The van der Waals surface area contributed by atoms with Crippen LogP contribution in [-0.4, -0.2) is 0 Å². The van der Waals surface area contributed by atoms with Crippen molar-refractivity contribution in [2.24, 2.45) is 0 Å². The van der Waals surface area contributed by atoms with Crippen molar-refractivity contribution in [1.29, 1.82) is 0 Å². The fourth-order valence-corrected chi connectivity index (χ4v) is 0. The van der Waals surface area contributed by atoms with Gasteiger partial charge in [0, 0.05) is 0 Å². The van der Waals surface area contributed by atoms with Gasteiger partial charge in [-0.25, -0.2) is 0 Å². The molecule has 0 aromatic heterocycles. The molecule has 0 aliphatic heterocycles. The SMILES string of the molecule is Cl.Cl.Cl.Cl.Cl.[H-].[H-].[K+].[K+]. The molecule has 0 saturated heterocycles. The van der Waals surface area contributed by atoms with Gasteiger partial charge in [0.15, 0.2) is 0 Å². The Morgan fingerprint density at radius 1 is 0.429 bits per heavy atom. The molecule has 7 heteroatoms. The fourth-order valence-electron chi connectivity index (χ4n) is 0. The van der Waals surface area contributed by atoms with E-state index in [4.69, 9.17) is 0 Å². The Balaban J connectivity index is 0. The van der Waals surface area contributed by atoms with Gasteiger partial charge in [0.25, 0.3) is 0 Å². The zero-order valence-corrected chi connectivity index (χ0v) is 14.4. The van der Waals surface area contributed by atoms with E-state index < -0.39 is 0 Å². The molecule has 0 radical (unpaired) electrons. The van der Waals surface area contributed by atoms with Crippen LogP contribution in [0.5, 0.6) is 0 Å². The minimum atomic E-state index is 0. The Labute approximate surface area is 163 Å². The van der Waals surface area contributed by atoms with E-state index in [-0.39, 0.29) is 168 Å². The van der Waals surface area contributed by atoms with Gasteiger partial charge in [-0.3, -0.25) is 0 Å². The van der Waals surface area contributed by atoms with Gasteiger partial charge in [-0.2, -0.15) is 0 Å². The summed E-state index contributed by atoms with van der Waals surface area (Å²) < 4.78 is 0. The smallest absolute Gasteiger partial charge is 1.00 e. The first-order valence-corrected chi connectivity index (χ1v) is 0. The van der Waals surface area contributed by atoms with Gasteiger partial charge in [-0.05, 0) is 0 Å². The van der Waals surface area contributed by atoms with Crippen molar-refractivity contribution in [1.82, 2.24) is 0 Å². The van der Waals surface area contributed by atoms with Gasteiger partial charge in [-0.1, -0.05) is 0 Å². The maximum Gasteiger partial charge on any atom is 1.00 e. The van der Waals surface area contributed by atoms with Crippen molar-refractivity contribution in [3.8, 4) is 0 Å². The molecule has 0 amide bonds. The summed E-state index contributed by atoms with van der Waals surface area (Å²) in [6.07, 6.45) is 0. The van der Waals surface area contributed by atoms with Crippen molar-refractivity contribution >= 4 is 62.0 Å². The molecule has 0 unspecified atom stereocenters. The van der Waals surface area contributed by atoms with Crippen molar-refractivity contribution in [2.75, 3.05) is 0 Å². The van der Waals surface area contributed by atoms with E-state index in [1.54, 1.807) is 0 Å². The zero-order chi connectivity index (χ0) is 0. The molecular weight excluding hydrogens is 255 g/mol. The summed E-state index contributed by atoms with van der Waals surface area (Å²) >= 11 is 0. The van der Waals surface area contributed by atoms with Crippen LogP contribution >= 0.6 is 62.0 Å². The molecule has 0 aliphatic rings. The summed E-state index contributed by atoms with van der Waals surface area (Å²) in [5.74, 6) is 0. The minimum absolute atomic E-state index is 0. The molecular formula is H7Cl5K2. The van der Waals surface area contributed by atoms with E-state index in [0.29, 0.717) is 0 Å². The first-order chi connectivity index (χ1) is 0. The normalized spacial score (nSPS) is 0. The number of halogens is 5. The average molecular weight is 263 g/mol. The Bertz CT molecular complexity index is 12.9. The van der Waals surface area contributed by atoms with E-state index in [9.17, 15) is 0 Å². The predicted octanol–water partition coefficient (Wildman–Crippen LogP) is -3.66. The molecule has 0 fully saturated rings. The quantitative estimate of drug-likeness (QED) is 0.395. The summed E-state index contributed by atoms with van der Waals surface area (Å²) in [6, 6.07) is 0. The third-order valence-corrected chi connectivity index (χ3v) is 0. The Morgan fingerprint density at radius 3 is 0.429 bits per heavy atom. The zero-order valence-electron chi connectivity index (χ0n) is 6.04. The van der Waals surface area contributed by atoms with E-state index >= 15 is 0 Å². The third-order valence-electron chi connectivity index (χ3n) is 0. The van der Waals surface area contributed by atoms with Gasteiger partial charge in [0.2, 0.25) is 0 Å². The van der Waals surface area contributed by atoms with Crippen molar-refractivity contribution < 1.29 is 106 Å². The van der Waals surface area contributed by atoms with E-state index in [1.165, 1.54) is 0 Å². The van der Waals surface area contributed by atoms with Crippen LogP contribution in [0.4, 0.5) is 0 Å². The Kier molecular flexibility index (Phi) is 392. The fraction of sp³-hybridized carbons (Fsp3) is 0. The summed E-state index contributed by atoms with van der Waals surface area (Å²) in [6.45, 7) is 0. The molecule has 0 saturated carbocycles. The summed E-state index contributed by atoms with van der Waals surface area (Å²) in [5, 5.41) is 0. The largest absolute Gasteiger partial charge is 1.00 e.